The van der Waals surface area contributed by atoms with Gasteiger partial charge in [0.1, 0.15) is 0 Å². The van der Waals surface area contributed by atoms with E-state index in [1.165, 1.54) is 38.1 Å². The van der Waals surface area contributed by atoms with Gasteiger partial charge in [0.05, 0.1) is 0 Å². The van der Waals surface area contributed by atoms with Crippen molar-refractivity contribution in [3.05, 3.63) is 17.5 Å². The summed E-state index contributed by atoms with van der Waals surface area (Å²) >= 11 is 5.80. The normalized spacial score (nSPS) is 10.3. The summed E-state index contributed by atoms with van der Waals surface area (Å²) in [5.41, 5.74) is 0. The predicted octanol–water partition coefficient (Wildman–Crippen LogP) is 3.82. The van der Waals surface area contributed by atoms with E-state index in [-0.39, 0.29) is 11.1 Å². The molecule has 1 heterocycles. The van der Waals surface area contributed by atoms with E-state index < -0.39 is 0 Å². The number of nitrogens with one attached hydrogen (secondary N) is 1. The molecule has 0 radical (unpaired) electrons. The minimum Gasteiger partial charge on any atom is -0.308 e. The third-order valence-electron chi connectivity index (χ3n) is 2.67. The molecule has 1 aromatic heterocycles. The largest absolute Gasteiger partial charge is 0.308 e. The molecule has 0 saturated heterocycles. The van der Waals surface area contributed by atoms with Gasteiger partial charge in [-0.25, -0.2) is 9.97 Å². The van der Waals surface area contributed by atoms with Crippen molar-refractivity contribution >= 4 is 23.3 Å². The summed E-state index contributed by atoms with van der Waals surface area (Å²) in [4.78, 5) is 19.4. The van der Waals surface area contributed by atoms with Gasteiger partial charge in [-0.3, -0.25) is 4.79 Å². The van der Waals surface area contributed by atoms with Crippen molar-refractivity contribution in [1.29, 1.82) is 0 Å². The summed E-state index contributed by atoms with van der Waals surface area (Å²) in [5.74, 6) is 0.294. The lowest BCUT2D eigenvalue weighted by Gasteiger charge is -2.05. The average molecular weight is 270 g/mol. The summed E-state index contributed by atoms with van der Waals surface area (Å²) in [7, 11) is 0. The summed E-state index contributed by atoms with van der Waals surface area (Å²) in [6, 6.07) is 0. The first kappa shape index (κ1) is 14.9. The summed E-state index contributed by atoms with van der Waals surface area (Å²) in [6.45, 7) is 2.19. The molecule has 0 fully saturated rings. The molecule has 0 aromatic carbocycles. The number of rotatable bonds is 8. The lowest BCUT2D eigenvalue weighted by atomic mass is 10.1. The SMILES string of the molecule is CCCCCCCCC(=O)Nc1nccnc1Cl. The van der Waals surface area contributed by atoms with E-state index in [2.05, 4.69) is 22.2 Å². The van der Waals surface area contributed by atoms with Crippen molar-refractivity contribution in [3.63, 3.8) is 0 Å². The van der Waals surface area contributed by atoms with Crippen LogP contribution in [0.25, 0.3) is 0 Å². The van der Waals surface area contributed by atoms with E-state index in [0.29, 0.717) is 12.2 Å². The summed E-state index contributed by atoms with van der Waals surface area (Å²) in [6.07, 6.45) is 10.5. The van der Waals surface area contributed by atoms with Gasteiger partial charge in [0.2, 0.25) is 5.91 Å². The van der Waals surface area contributed by atoms with Crippen LogP contribution in [0.4, 0.5) is 5.82 Å². The Bertz CT molecular complexity index is 371. The Balaban J connectivity index is 2.16. The van der Waals surface area contributed by atoms with Crippen LogP contribution in [0.3, 0.4) is 0 Å². The van der Waals surface area contributed by atoms with Crippen LogP contribution in [0.1, 0.15) is 51.9 Å². The van der Waals surface area contributed by atoms with Gasteiger partial charge in [-0.15, -0.1) is 0 Å². The molecule has 0 aliphatic carbocycles. The van der Waals surface area contributed by atoms with Gasteiger partial charge >= 0.3 is 0 Å². The maximum absolute atomic E-state index is 11.6. The van der Waals surface area contributed by atoms with Crippen molar-refractivity contribution in [1.82, 2.24) is 9.97 Å². The summed E-state index contributed by atoms with van der Waals surface area (Å²) in [5, 5.41) is 2.90. The van der Waals surface area contributed by atoms with Crippen molar-refractivity contribution in [2.24, 2.45) is 0 Å². The van der Waals surface area contributed by atoms with Crippen molar-refractivity contribution < 1.29 is 4.79 Å². The van der Waals surface area contributed by atoms with Crippen LogP contribution < -0.4 is 5.32 Å². The topological polar surface area (TPSA) is 54.9 Å². The second kappa shape index (κ2) is 8.86. The Morgan fingerprint density at radius 2 is 1.83 bits per heavy atom. The highest BCUT2D eigenvalue weighted by Crippen LogP contribution is 2.15. The Morgan fingerprint density at radius 1 is 1.17 bits per heavy atom. The van der Waals surface area contributed by atoms with Gasteiger partial charge in [0.15, 0.2) is 11.0 Å². The highest BCUT2D eigenvalue weighted by Gasteiger charge is 2.06. The molecular formula is C13H20ClN3O. The highest BCUT2D eigenvalue weighted by molar-refractivity contribution is 6.32. The van der Waals surface area contributed by atoms with Crippen LogP contribution in [0.5, 0.6) is 0 Å². The molecule has 0 spiro atoms. The number of halogens is 1. The average Bonchev–Trinajstić information content (AvgIpc) is 2.36. The zero-order valence-electron chi connectivity index (χ0n) is 10.8. The third kappa shape index (κ3) is 5.96. The molecule has 1 N–H and O–H groups in total. The van der Waals surface area contributed by atoms with E-state index >= 15 is 0 Å². The molecule has 0 saturated carbocycles. The first-order valence-electron chi connectivity index (χ1n) is 6.50. The van der Waals surface area contributed by atoms with Crippen LogP contribution in [-0.2, 0) is 4.79 Å². The van der Waals surface area contributed by atoms with Crippen molar-refractivity contribution in [2.45, 2.75) is 51.9 Å². The van der Waals surface area contributed by atoms with E-state index in [9.17, 15) is 4.79 Å². The fourth-order valence-electron chi connectivity index (χ4n) is 1.67. The van der Waals surface area contributed by atoms with Crippen LogP contribution in [-0.4, -0.2) is 15.9 Å². The Labute approximate surface area is 113 Å². The standard InChI is InChI=1S/C13H20ClN3O/c1-2-3-4-5-6-7-8-11(18)17-13-12(14)15-9-10-16-13/h9-10H,2-8H2,1H3,(H,16,17,18). The van der Waals surface area contributed by atoms with Gasteiger partial charge < -0.3 is 5.32 Å². The number of anilines is 1. The zero-order chi connectivity index (χ0) is 13.2. The minimum absolute atomic E-state index is 0.0482. The number of carbonyl (C=O) groups excluding carboxylic acids is 1. The van der Waals surface area contributed by atoms with E-state index in [1.807, 2.05) is 0 Å². The van der Waals surface area contributed by atoms with Crippen LogP contribution in [0, 0.1) is 0 Å². The molecule has 18 heavy (non-hydrogen) atoms. The molecule has 1 amide bonds. The maximum Gasteiger partial charge on any atom is 0.225 e. The number of hydrogen-bond acceptors (Lipinski definition) is 3. The van der Waals surface area contributed by atoms with E-state index in [1.54, 1.807) is 0 Å². The van der Waals surface area contributed by atoms with Crippen molar-refractivity contribution in [2.75, 3.05) is 5.32 Å². The molecule has 1 rings (SSSR count). The second-order valence-corrected chi connectivity index (χ2v) is 4.62. The zero-order valence-corrected chi connectivity index (χ0v) is 11.5. The fourth-order valence-corrected chi connectivity index (χ4v) is 1.82. The van der Waals surface area contributed by atoms with Gasteiger partial charge in [-0.05, 0) is 6.42 Å². The van der Waals surface area contributed by atoms with Crippen LogP contribution in [0.15, 0.2) is 12.4 Å². The summed E-state index contributed by atoms with van der Waals surface area (Å²) < 4.78 is 0. The van der Waals surface area contributed by atoms with Crippen LogP contribution >= 0.6 is 11.6 Å². The fraction of sp³-hybridized carbons (Fsp3) is 0.615. The molecule has 0 bridgehead atoms. The molecule has 5 heteroatoms. The molecule has 1 aromatic rings. The Kier molecular flexibility index (Phi) is 7.34. The lowest BCUT2D eigenvalue weighted by Crippen LogP contribution is -2.12. The number of carbonyl (C=O) groups is 1. The Hall–Kier alpha value is -1.16. The molecule has 0 aliphatic rings. The number of unbranched alkanes of at least 4 members (excludes halogenated alkanes) is 5. The first-order chi connectivity index (χ1) is 8.74. The Morgan fingerprint density at radius 3 is 2.56 bits per heavy atom. The lowest BCUT2D eigenvalue weighted by molar-refractivity contribution is -0.116. The number of aromatic nitrogens is 2. The van der Waals surface area contributed by atoms with Gasteiger partial charge in [-0.1, -0.05) is 50.6 Å². The third-order valence-corrected chi connectivity index (χ3v) is 2.95. The first-order valence-corrected chi connectivity index (χ1v) is 6.88. The minimum atomic E-state index is -0.0482. The smallest absolute Gasteiger partial charge is 0.225 e. The quantitative estimate of drug-likeness (QED) is 0.730. The molecule has 4 nitrogen and oxygen atoms in total. The molecule has 0 atom stereocenters. The number of hydrogen-bond donors (Lipinski definition) is 1. The monoisotopic (exact) mass is 269 g/mol. The number of nitrogens with zero attached hydrogens (tertiary/aromatic N) is 2. The maximum atomic E-state index is 11.6. The molecule has 100 valence electrons. The van der Waals surface area contributed by atoms with Crippen molar-refractivity contribution in [3.8, 4) is 0 Å². The predicted molar refractivity (Wildman–Crippen MR) is 73.7 cm³/mol. The highest BCUT2D eigenvalue weighted by atomic mass is 35.5. The molecule has 0 unspecified atom stereocenters. The van der Waals surface area contributed by atoms with Gasteiger partial charge in [0, 0.05) is 18.8 Å². The second-order valence-electron chi connectivity index (χ2n) is 4.26. The van der Waals surface area contributed by atoms with Gasteiger partial charge in [0.25, 0.3) is 0 Å². The molecule has 0 aliphatic heterocycles. The molecular weight excluding hydrogens is 250 g/mol. The van der Waals surface area contributed by atoms with E-state index in [4.69, 9.17) is 11.6 Å². The van der Waals surface area contributed by atoms with Crippen LogP contribution in [0.2, 0.25) is 5.15 Å². The number of amides is 1. The van der Waals surface area contributed by atoms with E-state index in [0.717, 1.165) is 12.8 Å². The van der Waals surface area contributed by atoms with Gasteiger partial charge in [-0.2, -0.15) is 0 Å².